The van der Waals surface area contributed by atoms with Crippen molar-refractivity contribution >= 4 is 11.6 Å². The third kappa shape index (κ3) is 4.06. The van der Waals surface area contributed by atoms with Crippen LogP contribution in [0.5, 0.6) is 0 Å². The summed E-state index contributed by atoms with van der Waals surface area (Å²) in [6.45, 7) is 2.20. The van der Waals surface area contributed by atoms with Gasteiger partial charge in [0.2, 0.25) is 11.8 Å². The summed E-state index contributed by atoms with van der Waals surface area (Å²) < 4.78 is 4.94. The predicted molar refractivity (Wildman–Crippen MR) is 68.1 cm³/mol. The van der Waals surface area contributed by atoms with Crippen molar-refractivity contribution in [3.63, 3.8) is 0 Å². The lowest BCUT2D eigenvalue weighted by molar-refractivity contribution is -0.120. The molecule has 0 aliphatic carbocycles. The Kier molecular flexibility index (Phi) is 4.07. The molecule has 7 nitrogen and oxygen atoms in total. The highest BCUT2D eigenvalue weighted by Crippen LogP contribution is 2.01. The van der Waals surface area contributed by atoms with Gasteiger partial charge in [0.15, 0.2) is 5.82 Å². The minimum atomic E-state index is -0.103. The highest BCUT2D eigenvalue weighted by molar-refractivity contribution is 5.78. The first-order chi connectivity index (χ1) is 9.13. The first-order valence-corrected chi connectivity index (χ1v) is 5.90. The number of nitrogens with one attached hydrogen (secondary N) is 1. The summed E-state index contributed by atoms with van der Waals surface area (Å²) in [6.07, 6.45) is 2.27. The minimum absolute atomic E-state index is 0.103. The molecule has 19 heavy (non-hydrogen) atoms. The molecule has 0 saturated heterocycles. The predicted octanol–water partition coefficient (Wildman–Crippen LogP) is 0.257. The molecule has 2 rings (SSSR count). The van der Waals surface area contributed by atoms with Gasteiger partial charge in [-0.25, -0.2) is 0 Å². The van der Waals surface area contributed by atoms with Crippen molar-refractivity contribution in [3.8, 4) is 0 Å². The number of hydrogen-bond donors (Lipinski definition) is 2. The molecular formula is C12H15N5O2. The third-order valence-electron chi connectivity index (χ3n) is 2.42. The zero-order valence-corrected chi connectivity index (χ0v) is 10.6. The van der Waals surface area contributed by atoms with E-state index in [9.17, 15) is 4.79 Å². The number of nitrogens with two attached hydrogens (primary N) is 1. The van der Waals surface area contributed by atoms with E-state index < -0.39 is 0 Å². The van der Waals surface area contributed by atoms with Crippen molar-refractivity contribution in [1.82, 2.24) is 20.4 Å². The zero-order chi connectivity index (χ0) is 13.7. The lowest BCUT2D eigenvalue weighted by Crippen LogP contribution is -2.27. The van der Waals surface area contributed by atoms with Gasteiger partial charge in [-0.2, -0.15) is 4.98 Å². The second kappa shape index (κ2) is 5.94. The second-order valence-electron chi connectivity index (χ2n) is 4.09. The summed E-state index contributed by atoms with van der Waals surface area (Å²) in [4.78, 5) is 19.8. The summed E-state index contributed by atoms with van der Waals surface area (Å²) >= 11 is 0. The fourth-order valence-corrected chi connectivity index (χ4v) is 1.52. The van der Waals surface area contributed by atoms with Crippen molar-refractivity contribution in [1.29, 1.82) is 0 Å². The quantitative estimate of drug-likeness (QED) is 0.799. The standard InChI is InChI=1S/C12H15N5O2/c1-8-16-12(19-17-8)4-5-14-11(18)6-10-3-2-9(13)7-15-10/h2-3,7H,4-6,13H2,1H3,(H,14,18). The van der Waals surface area contributed by atoms with Crippen LogP contribution >= 0.6 is 0 Å². The van der Waals surface area contributed by atoms with Gasteiger partial charge in [-0.1, -0.05) is 5.16 Å². The van der Waals surface area contributed by atoms with Gasteiger partial charge in [0.05, 0.1) is 18.3 Å². The van der Waals surface area contributed by atoms with Crippen molar-refractivity contribution < 1.29 is 9.32 Å². The van der Waals surface area contributed by atoms with Crippen LogP contribution in [0.15, 0.2) is 22.9 Å². The molecule has 3 N–H and O–H groups in total. The van der Waals surface area contributed by atoms with E-state index in [4.69, 9.17) is 10.3 Å². The number of aromatic nitrogens is 3. The molecule has 0 radical (unpaired) electrons. The van der Waals surface area contributed by atoms with Crippen LogP contribution in [0.25, 0.3) is 0 Å². The van der Waals surface area contributed by atoms with E-state index in [1.165, 1.54) is 6.20 Å². The maximum atomic E-state index is 11.6. The van der Waals surface area contributed by atoms with Crippen LogP contribution in [0.4, 0.5) is 5.69 Å². The molecule has 0 aliphatic rings. The molecule has 0 aliphatic heterocycles. The van der Waals surface area contributed by atoms with Crippen LogP contribution < -0.4 is 11.1 Å². The van der Waals surface area contributed by atoms with Gasteiger partial charge in [-0.05, 0) is 19.1 Å². The van der Waals surface area contributed by atoms with Crippen molar-refractivity contribution in [2.45, 2.75) is 19.8 Å². The Balaban J connectivity index is 1.74. The second-order valence-corrected chi connectivity index (χ2v) is 4.09. The first-order valence-electron chi connectivity index (χ1n) is 5.90. The Labute approximate surface area is 110 Å². The van der Waals surface area contributed by atoms with Gasteiger partial charge in [0.1, 0.15) is 0 Å². The molecular weight excluding hydrogens is 246 g/mol. The molecule has 0 aromatic carbocycles. The maximum absolute atomic E-state index is 11.6. The van der Waals surface area contributed by atoms with Crippen LogP contribution in [0.3, 0.4) is 0 Å². The molecule has 0 spiro atoms. The molecule has 2 heterocycles. The van der Waals surface area contributed by atoms with E-state index in [0.717, 1.165) is 0 Å². The Morgan fingerprint density at radius 2 is 2.32 bits per heavy atom. The summed E-state index contributed by atoms with van der Waals surface area (Å²) in [6, 6.07) is 3.45. The summed E-state index contributed by atoms with van der Waals surface area (Å²) in [5, 5.41) is 6.44. The van der Waals surface area contributed by atoms with Gasteiger partial charge in [0, 0.05) is 18.7 Å². The van der Waals surface area contributed by atoms with Crippen LogP contribution in [0.2, 0.25) is 0 Å². The Bertz CT molecular complexity index is 550. The van der Waals surface area contributed by atoms with Gasteiger partial charge in [-0.15, -0.1) is 0 Å². The average molecular weight is 261 g/mol. The van der Waals surface area contributed by atoms with Gasteiger partial charge >= 0.3 is 0 Å². The number of carbonyl (C=O) groups is 1. The van der Waals surface area contributed by atoms with Crippen LogP contribution in [0.1, 0.15) is 17.4 Å². The molecule has 100 valence electrons. The molecule has 2 aromatic heterocycles. The van der Waals surface area contributed by atoms with E-state index >= 15 is 0 Å². The summed E-state index contributed by atoms with van der Waals surface area (Å²) in [7, 11) is 0. The van der Waals surface area contributed by atoms with Crippen molar-refractivity contribution in [2.75, 3.05) is 12.3 Å². The van der Waals surface area contributed by atoms with Gasteiger partial charge in [0.25, 0.3) is 0 Å². The maximum Gasteiger partial charge on any atom is 0.228 e. The largest absolute Gasteiger partial charge is 0.397 e. The molecule has 0 saturated carbocycles. The number of nitrogen functional groups attached to an aromatic ring is 1. The van der Waals surface area contributed by atoms with E-state index in [1.54, 1.807) is 19.1 Å². The lowest BCUT2D eigenvalue weighted by atomic mass is 10.2. The number of amides is 1. The molecule has 1 amide bonds. The van der Waals surface area contributed by atoms with Crippen LogP contribution in [-0.4, -0.2) is 27.6 Å². The molecule has 2 aromatic rings. The third-order valence-corrected chi connectivity index (χ3v) is 2.42. The van der Waals surface area contributed by atoms with E-state index in [-0.39, 0.29) is 12.3 Å². The van der Waals surface area contributed by atoms with Gasteiger partial charge < -0.3 is 15.6 Å². The number of aryl methyl sites for hydroxylation is 1. The molecule has 0 bridgehead atoms. The number of pyridine rings is 1. The topological polar surface area (TPSA) is 107 Å². The minimum Gasteiger partial charge on any atom is -0.397 e. The number of nitrogens with zero attached hydrogens (tertiary/aromatic N) is 3. The SMILES string of the molecule is Cc1noc(CCNC(=O)Cc2ccc(N)cn2)n1. The highest BCUT2D eigenvalue weighted by atomic mass is 16.5. The Hall–Kier alpha value is -2.44. The molecule has 0 unspecified atom stereocenters. The first kappa shape index (κ1) is 13.0. The van der Waals surface area contributed by atoms with Crippen molar-refractivity contribution in [3.05, 3.63) is 35.7 Å². The zero-order valence-electron chi connectivity index (χ0n) is 10.6. The number of carbonyl (C=O) groups excluding carboxylic acids is 1. The lowest BCUT2D eigenvalue weighted by Gasteiger charge is -2.03. The summed E-state index contributed by atoms with van der Waals surface area (Å²) in [5.74, 6) is 1.00. The highest BCUT2D eigenvalue weighted by Gasteiger charge is 2.06. The van der Waals surface area contributed by atoms with E-state index in [0.29, 0.717) is 36.1 Å². The monoisotopic (exact) mass is 261 g/mol. The molecule has 0 atom stereocenters. The smallest absolute Gasteiger partial charge is 0.228 e. The summed E-state index contributed by atoms with van der Waals surface area (Å²) in [5.41, 5.74) is 6.78. The molecule has 0 fully saturated rings. The fourth-order valence-electron chi connectivity index (χ4n) is 1.52. The van der Waals surface area contributed by atoms with E-state index in [2.05, 4.69) is 20.4 Å². The Morgan fingerprint density at radius 1 is 1.47 bits per heavy atom. The Morgan fingerprint density at radius 3 is 2.95 bits per heavy atom. The van der Waals surface area contributed by atoms with E-state index in [1.807, 2.05) is 0 Å². The number of anilines is 1. The number of rotatable bonds is 5. The fraction of sp³-hybridized carbons (Fsp3) is 0.333. The van der Waals surface area contributed by atoms with Crippen molar-refractivity contribution in [2.24, 2.45) is 0 Å². The van der Waals surface area contributed by atoms with Crippen LogP contribution in [0, 0.1) is 6.92 Å². The molecule has 7 heteroatoms. The van der Waals surface area contributed by atoms with Gasteiger partial charge in [-0.3, -0.25) is 9.78 Å². The van der Waals surface area contributed by atoms with Crippen LogP contribution in [-0.2, 0) is 17.6 Å². The average Bonchev–Trinajstić information content (AvgIpc) is 2.78. The normalized spacial score (nSPS) is 10.4. The number of hydrogen-bond acceptors (Lipinski definition) is 6.